The van der Waals surface area contributed by atoms with E-state index in [4.69, 9.17) is 23.7 Å². The summed E-state index contributed by atoms with van der Waals surface area (Å²) in [5, 5.41) is 3.89. The fourth-order valence-corrected chi connectivity index (χ4v) is 3.77. The molecule has 0 N–H and O–H groups in total. The number of carbonyl (C=O) groups is 3. The van der Waals surface area contributed by atoms with Gasteiger partial charge in [-0.3, -0.25) is 14.3 Å². The molecule has 0 saturated heterocycles. The van der Waals surface area contributed by atoms with Crippen LogP contribution in [0.5, 0.6) is 5.88 Å². The Bertz CT molecular complexity index is 1160. The first-order valence-electron chi connectivity index (χ1n) is 10.5. The van der Waals surface area contributed by atoms with Crippen LogP contribution in [-0.2, 0) is 52.7 Å². The Morgan fingerprint density at radius 1 is 1.14 bits per heavy atom. The molecule has 0 saturated carbocycles. The topological polar surface area (TPSA) is 115 Å². The van der Waals surface area contributed by atoms with Gasteiger partial charge in [0.2, 0.25) is 5.88 Å². The molecule has 14 heteroatoms. The van der Waals surface area contributed by atoms with E-state index in [0.717, 1.165) is 24.8 Å². The average molecular weight is 593 g/mol. The lowest BCUT2D eigenvalue weighted by Gasteiger charge is -2.17. The normalized spacial score (nSPS) is 12.5. The lowest BCUT2D eigenvalue weighted by molar-refractivity contribution is -0.157. The first-order valence-corrected chi connectivity index (χ1v) is 11.3. The number of esters is 3. The molecule has 2 rings (SSSR count). The summed E-state index contributed by atoms with van der Waals surface area (Å²) in [7, 11) is 2.50. The number of rotatable bonds is 11. The zero-order chi connectivity index (χ0) is 27.8. The number of alkyl halides is 3. The van der Waals surface area contributed by atoms with Gasteiger partial charge in [-0.15, -0.1) is 5.10 Å². The van der Waals surface area contributed by atoms with Crippen molar-refractivity contribution in [2.45, 2.75) is 39.3 Å². The Morgan fingerprint density at radius 2 is 1.81 bits per heavy atom. The van der Waals surface area contributed by atoms with Gasteiger partial charge in [0.05, 0.1) is 27.0 Å². The number of nitrogens with zero attached hydrogens (tertiary/aromatic N) is 2. The Morgan fingerprint density at radius 3 is 2.38 bits per heavy atom. The molecule has 0 aliphatic carbocycles. The van der Waals surface area contributed by atoms with Gasteiger partial charge in [-0.1, -0.05) is 24.3 Å². The zero-order valence-corrected chi connectivity index (χ0v) is 21.8. The van der Waals surface area contributed by atoms with Crippen molar-refractivity contribution in [1.82, 2.24) is 9.78 Å². The van der Waals surface area contributed by atoms with Gasteiger partial charge in [0.25, 0.3) is 0 Å². The second kappa shape index (κ2) is 13.1. The van der Waals surface area contributed by atoms with Gasteiger partial charge in [-0.2, -0.15) is 13.2 Å². The van der Waals surface area contributed by atoms with Gasteiger partial charge in [0.1, 0.15) is 23.4 Å². The molecule has 0 fully saturated rings. The molecular formula is C23H24BrF3N2O8. The average Bonchev–Trinajstić information content (AvgIpc) is 3.14. The van der Waals surface area contributed by atoms with Crippen molar-refractivity contribution in [3.8, 4) is 5.88 Å². The van der Waals surface area contributed by atoms with E-state index in [1.54, 1.807) is 24.3 Å². The minimum Gasteiger partial charge on any atom is -0.503 e. The van der Waals surface area contributed by atoms with Crippen LogP contribution in [-0.4, -0.2) is 54.6 Å². The number of halogens is 4. The summed E-state index contributed by atoms with van der Waals surface area (Å²) in [4.78, 5) is 34.7. The van der Waals surface area contributed by atoms with Crippen molar-refractivity contribution in [3.05, 3.63) is 51.8 Å². The Hall–Kier alpha value is -3.55. The predicted molar refractivity (Wildman–Crippen MR) is 125 cm³/mol. The molecule has 0 aliphatic rings. The molecule has 1 atom stereocenters. The molecule has 0 amide bonds. The van der Waals surface area contributed by atoms with Gasteiger partial charge >= 0.3 is 24.1 Å². The van der Waals surface area contributed by atoms with Crippen LogP contribution in [0.15, 0.2) is 35.1 Å². The van der Waals surface area contributed by atoms with E-state index >= 15 is 0 Å². The van der Waals surface area contributed by atoms with Crippen molar-refractivity contribution in [1.29, 1.82) is 0 Å². The van der Waals surface area contributed by atoms with Crippen molar-refractivity contribution >= 4 is 39.4 Å². The van der Waals surface area contributed by atoms with Crippen molar-refractivity contribution in [3.63, 3.8) is 0 Å². The first kappa shape index (κ1) is 29.7. The highest BCUT2D eigenvalue weighted by Gasteiger charge is 2.41. The van der Waals surface area contributed by atoms with Gasteiger partial charge in [0.15, 0.2) is 11.7 Å². The fraction of sp³-hybridized carbons (Fsp3) is 0.391. The van der Waals surface area contributed by atoms with Crippen LogP contribution < -0.4 is 4.74 Å². The third kappa shape index (κ3) is 8.23. The molecule has 0 bridgehead atoms. The number of ether oxygens (including phenoxy) is 5. The summed E-state index contributed by atoms with van der Waals surface area (Å²) in [6, 6.07) is 6.34. The summed E-state index contributed by atoms with van der Waals surface area (Å²) >= 11 is 2.89. The summed E-state index contributed by atoms with van der Waals surface area (Å²) in [6.07, 6.45) is -4.84. The summed E-state index contributed by atoms with van der Waals surface area (Å²) in [5.41, 5.74) is -0.511. The standard InChI is InChI=1S/C23H24BrF3N2O8/c1-13(30)35-11-16(37-14(2)31)9-29-20(24)19(23(25,26)27)21(28-29)36-10-15-7-5-6-8-17(15)18(12-33-3)22(32)34-4/h5-8,12,16H,9-11H2,1-4H3/b18-12+. The van der Waals surface area contributed by atoms with Gasteiger partial charge in [-0.05, 0) is 27.1 Å². The number of carbonyl (C=O) groups excluding carboxylic acids is 3. The second-order valence-corrected chi connectivity index (χ2v) is 8.14. The maximum atomic E-state index is 13.9. The predicted octanol–water partition coefficient (Wildman–Crippen LogP) is 3.90. The van der Waals surface area contributed by atoms with Crippen LogP contribution in [0.1, 0.15) is 30.5 Å². The maximum Gasteiger partial charge on any atom is 0.424 e. The van der Waals surface area contributed by atoms with E-state index in [2.05, 4.69) is 21.0 Å². The Balaban J connectivity index is 2.41. The first-order chi connectivity index (χ1) is 17.4. The quantitative estimate of drug-likeness (QED) is 0.166. The molecule has 37 heavy (non-hydrogen) atoms. The van der Waals surface area contributed by atoms with Crippen LogP contribution in [0, 0.1) is 0 Å². The van der Waals surface area contributed by atoms with Crippen LogP contribution in [0.25, 0.3) is 5.57 Å². The van der Waals surface area contributed by atoms with Gasteiger partial charge < -0.3 is 23.7 Å². The highest BCUT2D eigenvalue weighted by molar-refractivity contribution is 9.10. The van der Waals surface area contributed by atoms with Crippen molar-refractivity contribution < 1.29 is 51.2 Å². The molecule has 10 nitrogen and oxygen atoms in total. The smallest absolute Gasteiger partial charge is 0.424 e. The Kier molecular flexibility index (Phi) is 10.5. The number of benzene rings is 1. The fourth-order valence-electron chi connectivity index (χ4n) is 3.15. The largest absolute Gasteiger partial charge is 0.503 e. The van der Waals surface area contributed by atoms with Crippen molar-refractivity contribution in [2.75, 3.05) is 20.8 Å². The number of hydrogen-bond acceptors (Lipinski definition) is 9. The van der Waals surface area contributed by atoms with E-state index in [9.17, 15) is 27.6 Å². The van der Waals surface area contributed by atoms with E-state index in [0.29, 0.717) is 11.1 Å². The molecule has 1 heterocycles. The van der Waals surface area contributed by atoms with E-state index in [-0.39, 0.29) is 12.1 Å². The van der Waals surface area contributed by atoms with E-state index in [1.807, 2.05) is 0 Å². The van der Waals surface area contributed by atoms with Crippen LogP contribution >= 0.6 is 15.9 Å². The van der Waals surface area contributed by atoms with Crippen LogP contribution in [0.3, 0.4) is 0 Å². The lowest BCUT2D eigenvalue weighted by atomic mass is 10.0. The molecule has 1 aromatic heterocycles. The molecule has 2 aromatic rings. The Labute approximate surface area is 218 Å². The van der Waals surface area contributed by atoms with Crippen LogP contribution in [0.2, 0.25) is 0 Å². The molecule has 1 aromatic carbocycles. The number of aromatic nitrogens is 2. The zero-order valence-electron chi connectivity index (χ0n) is 20.3. The summed E-state index contributed by atoms with van der Waals surface area (Å²) in [6.45, 7) is 1.07. The minimum atomic E-state index is -4.87. The summed E-state index contributed by atoms with van der Waals surface area (Å²) < 4.78 is 67.1. The summed E-state index contributed by atoms with van der Waals surface area (Å²) in [5.74, 6) is -2.88. The monoisotopic (exact) mass is 592 g/mol. The minimum absolute atomic E-state index is 0.0293. The second-order valence-electron chi connectivity index (χ2n) is 7.39. The SMILES string of the molecule is CO/C=C(/C(=O)OC)c1ccccc1COc1nn(CC(COC(C)=O)OC(C)=O)c(Br)c1C(F)(F)F. The van der Waals surface area contributed by atoms with Gasteiger partial charge in [0, 0.05) is 13.8 Å². The maximum absolute atomic E-state index is 13.9. The van der Waals surface area contributed by atoms with Gasteiger partial charge in [-0.25, -0.2) is 4.79 Å². The number of hydrogen-bond donors (Lipinski definition) is 0. The molecule has 0 aliphatic heterocycles. The van der Waals surface area contributed by atoms with E-state index < -0.39 is 59.4 Å². The van der Waals surface area contributed by atoms with E-state index in [1.165, 1.54) is 14.2 Å². The molecular weight excluding hydrogens is 569 g/mol. The lowest BCUT2D eigenvalue weighted by Crippen LogP contribution is -2.29. The molecule has 0 spiro atoms. The van der Waals surface area contributed by atoms with Crippen molar-refractivity contribution in [2.24, 2.45) is 0 Å². The van der Waals surface area contributed by atoms with Crippen LogP contribution in [0.4, 0.5) is 13.2 Å². The third-order valence-corrected chi connectivity index (χ3v) is 5.44. The molecule has 0 radical (unpaired) electrons. The molecule has 202 valence electrons. The number of methoxy groups -OCH3 is 2. The highest BCUT2D eigenvalue weighted by atomic mass is 79.9. The highest BCUT2D eigenvalue weighted by Crippen LogP contribution is 2.41. The third-order valence-electron chi connectivity index (χ3n) is 4.64. The molecule has 1 unspecified atom stereocenters.